The molecule has 0 aliphatic heterocycles. The molecule has 124 valence electrons. The number of benzene rings is 2. The first-order valence-electron chi connectivity index (χ1n) is 7.21. The van der Waals surface area contributed by atoms with Crippen LogP contribution in [0.25, 0.3) is 11.1 Å². The van der Waals surface area contributed by atoms with Crippen molar-refractivity contribution in [3.8, 4) is 11.1 Å². The van der Waals surface area contributed by atoms with E-state index in [-0.39, 0.29) is 6.54 Å². The quantitative estimate of drug-likeness (QED) is 0.792. The molecule has 0 bridgehead atoms. The Bertz CT molecular complexity index is 781. The van der Waals surface area contributed by atoms with Crippen molar-refractivity contribution in [3.63, 3.8) is 0 Å². The summed E-state index contributed by atoms with van der Waals surface area (Å²) in [4.78, 5) is 3.81. The Hall–Kier alpha value is -2.67. The van der Waals surface area contributed by atoms with Crippen LogP contribution in [0.4, 0.5) is 13.2 Å². The van der Waals surface area contributed by atoms with E-state index in [4.69, 9.17) is 0 Å². The summed E-state index contributed by atoms with van der Waals surface area (Å²) >= 11 is 0. The van der Waals surface area contributed by atoms with Crippen LogP contribution in [0.2, 0.25) is 0 Å². The lowest BCUT2D eigenvalue weighted by Gasteiger charge is -2.12. The molecule has 1 aromatic heterocycles. The van der Waals surface area contributed by atoms with Crippen LogP contribution in [0.5, 0.6) is 0 Å². The summed E-state index contributed by atoms with van der Waals surface area (Å²) in [6.07, 6.45) is -2.18. The van der Waals surface area contributed by atoms with Gasteiger partial charge in [-0.2, -0.15) is 18.3 Å². The van der Waals surface area contributed by atoms with E-state index < -0.39 is 17.8 Å². The van der Waals surface area contributed by atoms with Gasteiger partial charge in [0.15, 0.2) is 0 Å². The fourth-order valence-corrected chi connectivity index (χ4v) is 2.36. The molecule has 1 N–H and O–H groups in total. The maximum atomic E-state index is 12.6. The van der Waals surface area contributed by atoms with Gasteiger partial charge in [0, 0.05) is 0 Å². The smallest absolute Gasteiger partial charge is 0.386 e. The van der Waals surface area contributed by atoms with E-state index in [1.165, 1.54) is 29.5 Å². The Morgan fingerprint density at radius 3 is 2.04 bits per heavy atom. The van der Waals surface area contributed by atoms with Gasteiger partial charge in [0.25, 0.3) is 0 Å². The predicted octanol–water partition coefficient (Wildman–Crippen LogP) is 3.70. The molecule has 0 spiro atoms. The third kappa shape index (κ3) is 3.62. The number of aromatic nitrogens is 3. The molecule has 2 aromatic carbocycles. The van der Waals surface area contributed by atoms with Gasteiger partial charge in [0.2, 0.25) is 0 Å². The normalized spacial score (nSPS) is 13.0. The average molecular weight is 333 g/mol. The summed E-state index contributed by atoms with van der Waals surface area (Å²) < 4.78 is 39.3. The summed E-state index contributed by atoms with van der Waals surface area (Å²) in [5.41, 5.74) is 1.48. The van der Waals surface area contributed by atoms with Crippen LogP contribution in [-0.4, -0.2) is 19.9 Å². The first-order chi connectivity index (χ1) is 11.4. The lowest BCUT2D eigenvalue weighted by Crippen LogP contribution is -2.09. The minimum absolute atomic E-state index is 0.277. The highest BCUT2D eigenvalue weighted by Crippen LogP contribution is 2.31. The van der Waals surface area contributed by atoms with E-state index in [1.54, 1.807) is 24.3 Å². The molecular weight excluding hydrogens is 319 g/mol. The number of halogens is 3. The molecule has 0 saturated carbocycles. The maximum absolute atomic E-state index is 12.6. The SMILES string of the molecule is OC(Cn1cncn1)c1ccc(-c2ccc(C(F)(F)F)cc2)cc1. The van der Waals surface area contributed by atoms with Gasteiger partial charge >= 0.3 is 6.18 Å². The van der Waals surface area contributed by atoms with Crippen LogP contribution in [0, 0.1) is 0 Å². The zero-order valence-corrected chi connectivity index (χ0v) is 12.5. The number of alkyl halides is 3. The van der Waals surface area contributed by atoms with Gasteiger partial charge in [-0.1, -0.05) is 36.4 Å². The van der Waals surface area contributed by atoms with Crippen molar-refractivity contribution in [1.29, 1.82) is 0 Å². The van der Waals surface area contributed by atoms with Crippen molar-refractivity contribution in [2.24, 2.45) is 0 Å². The second-order valence-electron chi connectivity index (χ2n) is 5.33. The van der Waals surface area contributed by atoms with Gasteiger partial charge in [0.1, 0.15) is 12.7 Å². The molecule has 3 aromatic rings. The number of nitrogens with zero attached hydrogens (tertiary/aromatic N) is 3. The highest BCUT2D eigenvalue weighted by Gasteiger charge is 2.29. The van der Waals surface area contributed by atoms with Crippen molar-refractivity contribution in [3.05, 3.63) is 72.3 Å². The summed E-state index contributed by atoms with van der Waals surface area (Å²) in [6, 6.07) is 12.0. The molecule has 7 heteroatoms. The first kappa shape index (κ1) is 16.2. The molecule has 3 rings (SSSR count). The Balaban J connectivity index is 1.74. The number of hydrogen-bond donors (Lipinski definition) is 1. The topological polar surface area (TPSA) is 50.9 Å². The monoisotopic (exact) mass is 333 g/mol. The van der Waals surface area contributed by atoms with Gasteiger partial charge in [-0.05, 0) is 28.8 Å². The predicted molar refractivity (Wildman–Crippen MR) is 81.9 cm³/mol. The number of hydrogen-bond acceptors (Lipinski definition) is 3. The number of aliphatic hydroxyl groups is 1. The summed E-state index contributed by atoms with van der Waals surface area (Å²) in [5, 5.41) is 14.1. The van der Waals surface area contributed by atoms with Crippen molar-refractivity contribution < 1.29 is 18.3 Å². The van der Waals surface area contributed by atoms with Crippen molar-refractivity contribution in [2.45, 2.75) is 18.8 Å². The molecule has 0 aliphatic carbocycles. The van der Waals surface area contributed by atoms with E-state index >= 15 is 0 Å². The van der Waals surface area contributed by atoms with Crippen LogP contribution in [0.3, 0.4) is 0 Å². The van der Waals surface area contributed by atoms with Gasteiger partial charge in [0.05, 0.1) is 18.2 Å². The molecule has 0 aliphatic rings. The Morgan fingerprint density at radius 1 is 0.958 bits per heavy atom. The van der Waals surface area contributed by atoms with Crippen LogP contribution >= 0.6 is 0 Å². The molecule has 0 saturated heterocycles. The average Bonchev–Trinajstić information content (AvgIpc) is 3.07. The molecule has 1 atom stereocenters. The second-order valence-corrected chi connectivity index (χ2v) is 5.33. The summed E-state index contributed by atoms with van der Waals surface area (Å²) in [6.45, 7) is 0.277. The van der Waals surface area contributed by atoms with E-state index in [9.17, 15) is 18.3 Å². The molecule has 0 amide bonds. The largest absolute Gasteiger partial charge is 0.416 e. The minimum Gasteiger partial charge on any atom is -0.386 e. The zero-order valence-electron chi connectivity index (χ0n) is 12.5. The van der Waals surface area contributed by atoms with Crippen molar-refractivity contribution in [1.82, 2.24) is 14.8 Å². The third-order valence-electron chi connectivity index (χ3n) is 3.67. The highest BCUT2D eigenvalue weighted by atomic mass is 19.4. The molecule has 0 fully saturated rings. The maximum Gasteiger partial charge on any atom is 0.416 e. The van der Waals surface area contributed by atoms with Crippen molar-refractivity contribution in [2.75, 3.05) is 0 Å². The lowest BCUT2D eigenvalue weighted by atomic mass is 10.0. The van der Waals surface area contributed by atoms with E-state index in [0.29, 0.717) is 11.1 Å². The van der Waals surface area contributed by atoms with Crippen LogP contribution in [0.15, 0.2) is 61.2 Å². The van der Waals surface area contributed by atoms with E-state index in [2.05, 4.69) is 10.1 Å². The number of rotatable bonds is 4. The van der Waals surface area contributed by atoms with Crippen LogP contribution in [-0.2, 0) is 12.7 Å². The summed E-state index contributed by atoms with van der Waals surface area (Å²) in [5.74, 6) is 0. The van der Waals surface area contributed by atoms with Gasteiger partial charge in [-0.3, -0.25) is 4.68 Å². The van der Waals surface area contributed by atoms with Gasteiger partial charge in [-0.25, -0.2) is 4.98 Å². The first-order valence-corrected chi connectivity index (χ1v) is 7.21. The fraction of sp³-hybridized carbons (Fsp3) is 0.176. The number of aliphatic hydroxyl groups excluding tert-OH is 1. The molecule has 24 heavy (non-hydrogen) atoms. The van der Waals surface area contributed by atoms with Crippen molar-refractivity contribution >= 4 is 0 Å². The van der Waals surface area contributed by atoms with Crippen LogP contribution < -0.4 is 0 Å². The second kappa shape index (κ2) is 6.45. The standard InChI is InChI=1S/C17H14F3N3O/c18-17(19,20)15-7-5-13(6-8-15)12-1-3-14(4-2-12)16(24)9-23-11-21-10-22-23/h1-8,10-11,16,24H,9H2. The van der Waals surface area contributed by atoms with Crippen LogP contribution in [0.1, 0.15) is 17.2 Å². The highest BCUT2D eigenvalue weighted by molar-refractivity contribution is 5.64. The zero-order chi connectivity index (χ0) is 17.2. The summed E-state index contributed by atoms with van der Waals surface area (Å²) in [7, 11) is 0. The van der Waals surface area contributed by atoms with E-state index in [0.717, 1.165) is 17.7 Å². The molecule has 0 radical (unpaired) electrons. The third-order valence-corrected chi connectivity index (χ3v) is 3.67. The molecular formula is C17H14F3N3O. The Labute approximate surface area is 136 Å². The van der Waals surface area contributed by atoms with Gasteiger partial charge < -0.3 is 5.11 Å². The Kier molecular flexibility index (Phi) is 4.35. The minimum atomic E-state index is -4.34. The van der Waals surface area contributed by atoms with E-state index in [1.807, 2.05) is 0 Å². The molecule has 1 unspecified atom stereocenters. The van der Waals surface area contributed by atoms with Gasteiger partial charge in [-0.15, -0.1) is 0 Å². The Morgan fingerprint density at radius 2 is 1.54 bits per heavy atom. The molecule has 1 heterocycles. The lowest BCUT2D eigenvalue weighted by molar-refractivity contribution is -0.137. The fourth-order valence-electron chi connectivity index (χ4n) is 2.36. The molecule has 4 nitrogen and oxygen atoms in total.